The smallest absolute Gasteiger partial charge is 0.0176 e. The third-order valence-electron chi connectivity index (χ3n) is 3.29. The Morgan fingerprint density at radius 2 is 2.15 bits per heavy atom. The molecule has 1 aliphatic rings. The molecule has 3 atom stereocenters. The van der Waals surface area contributed by atoms with Gasteiger partial charge in [0.1, 0.15) is 0 Å². The third kappa shape index (κ3) is 2.99. The van der Waals surface area contributed by atoms with Crippen LogP contribution >= 0.6 is 11.6 Å². The third-order valence-corrected chi connectivity index (χ3v) is 3.67. The van der Waals surface area contributed by atoms with Crippen LogP contribution in [-0.4, -0.2) is 12.6 Å². The summed E-state index contributed by atoms with van der Waals surface area (Å²) in [4.78, 5) is 0. The molecule has 0 aliphatic heterocycles. The van der Waals surface area contributed by atoms with Crippen molar-refractivity contribution in [3.05, 3.63) is 11.1 Å². The van der Waals surface area contributed by atoms with E-state index >= 15 is 0 Å². The molecule has 0 bridgehead atoms. The Labute approximate surface area is 86.5 Å². The van der Waals surface area contributed by atoms with Crippen LogP contribution in [0.4, 0.5) is 0 Å². The average Bonchev–Trinajstić information content (AvgIpc) is 2.44. The lowest BCUT2D eigenvalue weighted by Gasteiger charge is -2.19. The first-order chi connectivity index (χ1) is 6.15. The molecule has 0 saturated heterocycles. The van der Waals surface area contributed by atoms with Crippen molar-refractivity contribution in [1.29, 1.82) is 0 Å². The Morgan fingerprint density at radius 3 is 2.62 bits per heavy atom. The maximum atomic E-state index is 5.60. The highest BCUT2D eigenvalue weighted by Crippen LogP contribution is 2.30. The van der Waals surface area contributed by atoms with Crippen LogP contribution in [0.3, 0.4) is 0 Å². The lowest BCUT2D eigenvalue weighted by Crippen LogP contribution is -2.33. The fourth-order valence-corrected chi connectivity index (χ4v) is 2.06. The minimum Gasteiger partial charge on any atom is -0.310 e. The van der Waals surface area contributed by atoms with Crippen molar-refractivity contribution < 1.29 is 0 Å². The molecule has 1 fully saturated rings. The Morgan fingerprint density at radius 1 is 1.46 bits per heavy atom. The fraction of sp³-hybridized carbons (Fsp3) is 0.818. The van der Waals surface area contributed by atoms with Gasteiger partial charge in [-0.1, -0.05) is 25.4 Å². The van der Waals surface area contributed by atoms with E-state index in [0.29, 0.717) is 6.04 Å². The summed E-state index contributed by atoms with van der Waals surface area (Å²) in [5.74, 6) is 1.68. The van der Waals surface area contributed by atoms with E-state index in [1.54, 1.807) is 5.54 Å². The van der Waals surface area contributed by atoms with E-state index in [2.05, 4.69) is 26.1 Å². The molecule has 1 rings (SSSR count). The van der Waals surface area contributed by atoms with E-state index in [1.165, 1.54) is 18.4 Å². The van der Waals surface area contributed by atoms with Gasteiger partial charge in [0.25, 0.3) is 0 Å². The Hall–Kier alpha value is -0.0100. The van der Waals surface area contributed by atoms with Crippen molar-refractivity contribution in [2.45, 2.75) is 39.7 Å². The Kier molecular flexibility index (Phi) is 4.27. The number of rotatable bonds is 3. The highest BCUT2D eigenvalue weighted by atomic mass is 35.5. The molecule has 13 heavy (non-hydrogen) atoms. The monoisotopic (exact) mass is 201 g/mol. The molecule has 0 aromatic rings. The van der Waals surface area contributed by atoms with Gasteiger partial charge in [-0.3, -0.25) is 0 Å². The zero-order valence-corrected chi connectivity index (χ0v) is 9.56. The van der Waals surface area contributed by atoms with Crippen LogP contribution in [0.5, 0.6) is 0 Å². The van der Waals surface area contributed by atoms with Crippen molar-refractivity contribution >= 4 is 11.6 Å². The predicted molar refractivity (Wildman–Crippen MR) is 59.0 cm³/mol. The second kappa shape index (κ2) is 5.02. The molecule has 0 amide bonds. The number of hydrogen-bond acceptors (Lipinski definition) is 1. The first-order valence-corrected chi connectivity index (χ1v) is 5.58. The van der Waals surface area contributed by atoms with Crippen LogP contribution in [0.2, 0.25) is 0 Å². The summed E-state index contributed by atoms with van der Waals surface area (Å²) in [5, 5.41) is 3.56. The normalized spacial score (nSPS) is 35.4. The van der Waals surface area contributed by atoms with E-state index < -0.39 is 0 Å². The zero-order valence-electron chi connectivity index (χ0n) is 8.81. The fourth-order valence-electron chi connectivity index (χ4n) is 1.98. The van der Waals surface area contributed by atoms with Gasteiger partial charge in [0.15, 0.2) is 0 Å². The predicted octanol–water partition coefficient (Wildman–Crippen LogP) is 3.15. The molecule has 1 nitrogen and oxygen atoms in total. The van der Waals surface area contributed by atoms with Gasteiger partial charge in [0, 0.05) is 18.1 Å². The number of nitrogens with one attached hydrogen (secondary N) is 1. The lowest BCUT2D eigenvalue weighted by atomic mass is 9.98. The molecule has 0 aromatic heterocycles. The van der Waals surface area contributed by atoms with Gasteiger partial charge in [-0.05, 0) is 37.2 Å². The first kappa shape index (κ1) is 11.1. The number of hydrogen-bond donors (Lipinski definition) is 1. The van der Waals surface area contributed by atoms with Crippen molar-refractivity contribution in [1.82, 2.24) is 5.32 Å². The van der Waals surface area contributed by atoms with E-state index in [4.69, 9.17) is 11.6 Å². The van der Waals surface area contributed by atoms with Gasteiger partial charge < -0.3 is 5.32 Å². The maximum Gasteiger partial charge on any atom is 0.0176 e. The highest BCUT2D eigenvalue weighted by Gasteiger charge is 2.28. The molecular weight excluding hydrogens is 182 g/mol. The molecule has 3 unspecified atom stereocenters. The zero-order chi connectivity index (χ0) is 9.84. The van der Waals surface area contributed by atoms with Crippen LogP contribution < -0.4 is 5.32 Å². The van der Waals surface area contributed by atoms with Crippen LogP contribution in [0.15, 0.2) is 11.1 Å². The second-order valence-electron chi connectivity index (χ2n) is 4.36. The molecule has 76 valence electrons. The second-order valence-corrected chi connectivity index (χ2v) is 4.57. The van der Waals surface area contributed by atoms with Crippen LogP contribution in [0.25, 0.3) is 0 Å². The summed E-state index contributed by atoms with van der Waals surface area (Å²) in [7, 11) is 0. The van der Waals surface area contributed by atoms with Gasteiger partial charge in [-0.2, -0.15) is 0 Å². The number of halogens is 1. The van der Waals surface area contributed by atoms with Crippen molar-refractivity contribution in [3.63, 3.8) is 0 Å². The maximum absolute atomic E-state index is 5.60. The van der Waals surface area contributed by atoms with E-state index in [0.717, 1.165) is 18.4 Å². The molecule has 0 spiro atoms. The summed E-state index contributed by atoms with van der Waals surface area (Å²) < 4.78 is 0. The van der Waals surface area contributed by atoms with Crippen molar-refractivity contribution in [3.8, 4) is 0 Å². The van der Waals surface area contributed by atoms with Crippen LogP contribution in [-0.2, 0) is 0 Å². The molecule has 0 radical (unpaired) electrons. The minimum absolute atomic E-state index is 0.696. The van der Waals surface area contributed by atoms with Crippen molar-refractivity contribution in [2.24, 2.45) is 11.8 Å². The molecule has 1 saturated carbocycles. The Balaban J connectivity index is 2.30. The molecular formula is C11H20ClN. The summed E-state index contributed by atoms with van der Waals surface area (Å²) in [6.45, 7) is 7.68. The van der Waals surface area contributed by atoms with E-state index in [-0.39, 0.29) is 0 Å². The van der Waals surface area contributed by atoms with Crippen molar-refractivity contribution in [2.75, 3.05) is 6.54 Å². The van der Waals surface area contributed by atoms with Crippen LogP contribution in [0, 0.1) is 11.8 Å². The quantitative estimate of drug-likeness (QED) is 0.740. The molecule has 0 aromatic carbocycles. The molecule has 0 heterocycles. The molecule has 1 N–H and O–H groups in total. The van der Waals surface area contributed by atoms with E-state index in [9.17, 15) is 0 Å². The van der Waals surface area contributed by atoms with Gasteiger partial charge in [0.2, 0.25) is 0 Å². The van der Waals surface area contributed by atoms with E-state index in [1.807, 2.05) is 0 Å². The summed E-state index contributed by atoms with van der Waals surface area (Å²) in [5.41, 5.74) is 2.88. The van der Waals surface area contributed by atoms with Gasteiger partial charge in [0.05, 0.1) is 0 Å². The van der Waals surface area contributed by atoms with Gasteiger partial charge >= 0.3 is 0 Å². The largest absolute Gasteiger partial charge is 0.310 e. The molecule has 1 aliphatic carbocycles. The van der Waals surface area contributed by atoms with Gasteiger partial charge in [-0.15, -0.1) is 0 Å². The average molecular weight is 202 g/mol. The Bertz CT molecular complexity index is 189. The lowest BCUT2D eigenvalue weighted by molar-refractivity contribution is 0.378. The first-order valence-electron chi connectivity index (χ1n) is 5.14. The summed E-state index contributed by atoms with van der Waals surface area (Å²) in [6, 6.07) is 0.696. The standard InChI is InChI=1S/C11H20ClN/c1-8(6-12)7-13-11-5-4-9(2)10(11)3/h6,9-11,13H,4-5,7H2,1-3H3. The topological polar surface area (TPSA) is 12.0 Å². The van der Waals surface area contributed by atoms with Gasteiger partial charge in [-0.25, -0.2) is 0 Å². The van der Waals surface area contributed by atoms with Crippen LogP contribution in [0.1, 0.15) is 33.6 Å². The SMILES string of the molecule is CC(=CCl)CNC1CCC(C)C1C. The summed E-state index contributed by atoms with van der Waals surface area (Å²) in [6.07, 6.45) is 2.68. The molecule has 2 heteroatoms. The minimum atomic E-state index is 0.696. The summed E-state index contributed by atoms with van der Waals surface area (Å²) >= 11 is 5.60. The highest BCUT2D eigenvalue weighted by molar-refractivity contribution is 6.25.